The Labute approximate surface area is 207 Å². The molecular formula is C27H35ClN2O2S. The molecule has 0 spiro atoms. The first-order valence-corrected chi connectivity index (χ1v) is 13.4. The van der Waals surface area contributed by atoms with Crippen molar-refractivity contribution in [2.24, 2.45) is 0 Å². The average molecular weight is 487 g/mol. The predicted octanol–water partition coefficient (Wildman–Crippen LogP) is 6.12. The number of nitrogens with zero attached hydrogens (tertiary/aromatic N) is 1. The van der Waals surface area contributed by atoms with Crippen LogP contribution in [-0.4, -0.2) is 41.1 Å². The summed E-state index contributed by atoms with van der Waals surface area (Å²) in [5.41, 5.74) is 1.17. The number of hydrogen-bond donors (Lipinski definition) is 1. The van der Waals surface area contributed by atoms with Crippen molar-refractivity contribution in [1.82, 2.24) is 10.2 Å². The maximum atomic E-state index is 13.3. The lowest BCUT2D eigenvalue weighted by Gasteiger charge is -2.33. The standard InChI is InChI=1S/C27H35ClN2O2S/c1-2-25(27(32)29-23-11-7-4-8-12-23)30(19-17-21-9-5-3-6-10-21)26(31)18-20-33-24-15-13-22(28)14-16-24/h3,5-6,9-10,13-16,23,25H,2,4,7-8,11-12,17-20H2,1H3,(H,29,32)/t25-/m0/s1. The van der Waals surface area contributed by atoms with Crippen molar-refractivity contribution < 1.29 is 9.59 Å². The molecule has 1 aliphatic carbocycles. The molecule has 2 aromatic carbocycles. The molecule has 1 aliphatic rings. The number of halogens is 1. The summed E-state index contributed by atoms with van der Waals surface area (Å²) in [6, 6.07) is 17.6. The van der Waals surface area contributed by atoms with Crippen LogP contribution in [0.1, 0.15) is 57.4 Å². The van der Waals surface area contributed by atoms with Crippen molar-refractivity contribution in [2.45, 2.75) is 75.3 Å². The summed E-state index contributed by atoms with van der Waals surface area (Å²) >= 11 is 7.60. The highest BCUT2D eigenvalue weighted by molar-refractivity contribution is 7.99. The molecule has 2 aromatic rings. The van der Waals surface area contributed by atoms with E-state index < -0.39 is 6.04 Å². The van der Waals surface area contributed by atoms with E-state index in [9.17, 15) is 9.59 Å². The van der Waals surface area contributed by atoms with Gasteiger partial charge in [-0.05, 0) is 55.5 Å². The highest BCUT2D eigenvalue weighted by Crippen LogP contribution is 2.22. The molecule has 1 N–H and O–H groups in total. The first kappa shape index (κ1) is 25.6. The number of carbonyl (C=O) groups excluding carboxylic acids is 2. The zero-order chi connectivity index (χ0) is 23.5. The number of rotatable bonds is 11. The van der Waals surface area contributed by atoms with Gasteiger partial charge in [0.05, 0.1) is 0 Å². The van der Waals surface area contributed by atoms with E-state index in [1.807, 2.05) is 54.3 Å². The topological polar surface area (TPSA) is 49.4 Å². The Balaban J connectivity index is 1.64. The van der Waals surface area contributed by atoms with Gasteiger partial charge in [0.2, 0.25) is 11.8 Å². The van der Waals surface area contributed by atoms with Gasteiger partial charge in [0.1, 0.15) is 6.04 Å². The van der Waals surface area contributed by atoms with Gasteiger partial charge in [-0.15, -0.1) is 11.8 Å². The highest BCUT2D eigenvalue weighted by atomic mass is 35.5. The van der Waals surface area contributed by atoms with Gasteiger partial charge in [0.25, 0.3) is 0 Å². The number of carbonyl (C=O) groups is 2. The molecule has 6 heteroatoms. The van der Waals surface area contributed by atoms with Gasteiger partial charge in [-0.25, -0.2) is 0 Å². The van der Waals surface area contributed by atoms with Crippen molar-refractivity contribution in [1.29, 1.82) is 0 Å². The molecule has 1 saturated carbocycles. The largest absolute Gasteiger partial charge is 0.352 e. The Bertz CT molecular complexity index is 869. The number of hydrogen-bond acceptors (Lipinski definition) is 3. The first-order valence-electron chi connectivity index (χ1n) is 12.1. The second-order valence-corrected chi connectivity index (χ2v) is 10.2. The van der Waals surface area contributed by atoms with Crippen LogP contribution in [0.2, 0.25) is 5.02 Å². The molecule has 0 radical (unpaired) electrons. The van der Waals surface area contributed by atoms with E-state index in [1.54, 1.807) is 11.8 Å². The molecule has 4 nitrogen and oxygen atoms in total. The molecule has 2 amide bonds. The Morgan fingerprint density at radius 3 is 2.42 bits per heavy atom. The van der Waals surface area contributed by atoms with Crippen LogP contribution in [-0.2, 0) is 16.0 Å². The fourth-order valence-corrected chi connectivity index (χ4v) is 5.34. The quantitative estimate of drug-likeness (QED) is 0.389. The first-order chi connectivity index (χ1) is 16.1. The maximum absolute atomic E-state index is 13.3. The second-order valence-electron chi connectivity index (χ2n) is 8.64. The summed E-state index contributed by atoms with van der Waals surface area (Å²) in [6.45, 7) is 2.54. The summed E-state index contributed by atoms with van der Waals surface area (Å²) in [5, 5.41) is 3.95. The molecule has 3 rings (SSSR count). The molecule has 33 heavy (non-hydrogen) atoms. The molecule has 0 aromatic heterocycles. The van der Waals surface area contributed by atoms with Gasteiger partial charge in [-0.2, -0.15) is 0 Å². The van der Waals surface area contributed by atoms with Crippen molar-refractivity contribution in [3.05, 3.63) is 65.2 Å². The van der Waals surface area contributed by atoms with Gasteiger partial charge >= 0.3 is 0 Å². The molecule has 0 saturated heterocycles. The Hall–Kier alpha value is -1.98. The molecule has 1 fully saturated rings. The zero-order valence-electron chi connectivity index (χ0n) is 19.5. The van der Waals surface area contributed by atoms with E-state index in [1.165, 1.54) is 24.8 Å². The average Bonchev–Trinajstić information content (AvgIpc) is 2.84. The molecule has 0 unspecified atom stereocenters. The van der Waals surface area contributed by atoms with E-state index in [0.29, 0.717) is 30.2 Å². The lowest BCUT2D eigenvalue weighted by Crippen LogP contribution is -2.52. The third-order valence-corrected chi connectivity index (χ3v) is 7.49. The fourth-order valence-electron chi connectivity index (χ4n) is 4.37. The van der Waals surface area contributed by atoms with Crippen LogP contribution < -0.4 is 5.32 Å². The molecule has 0 heterocycles. The van der Waals surface area contributed by atoms with Gasteiger partial charge in [-0.1, -0.05) is 68.1 Å². The second kappa shape index (κ2) is 13.7. The van der Waals surface area contributed by atoms with Crippen LogP contribution >= 0.6 is 23.4 Å². The van der Waals surface area contributed by atoms with Crippen molar-refractivity contribution in [3.63, 3.8) is 0 Å². The third kappa shape index (κ3) is 8.38. The van der Waals surface area contributed by atoms with Gasteiger partial charge < -0.3 is 10.2 Å². The van der Waals surface area contributed by atoms with Crippen LogP contribution in [0.5, 0.6) is 0 Å². The summed E-state index contributed by atoms with van der Waals surface area (Å²) in [7, 11) is 0. The summed E-state index contributed by atoms with van der Waals surface area (Å²) in [5.74, 6) is 0.706. The molecule has 0 aliphatic heterocycles. The van der Waals surface area contributed by atoms with Crippen molar-refractivity contribution >= 4 is 35.2 Å². The van der Waals surface area contributed by atoms with E-state index in [-0.39, 0.29) is 17.9 Å². The minimum Gasteiger partial charge on any atom is -0.352 e. The van der Waals surface area contributed by atoms with Crippen molar-refractivity contribution in [3.8, 4) is 0 Å². The highest BCUT2D eigenvalue weighted by Gasteiger charge is 2.29. The molecule has 178 valence electrons. The number of benzene rings is 2. The van der Waals surface area contributed by atoms with E-state index in [4.69, 9.17) is 11.6 Å². The monoisotopic (exact) mass is 486 g/mol. The van der Waals surface area contributed by atoms with Gasteiger partial charge in [-0.3, -0.25) is 9.59 Å². The number of nitrogens with one attached hydrogen (secondary N) is 1. The van der Waals surface area contributed by atoms with E-state index in [0.717, 1.165) is 24.2 Å². The lowest BCUT2D eigenvalue weighted by atomic mass is 9.95. The Kier molecular flexibility index (Phi) is 10.6. The minimum atomic E-state index is -0.427. The van der Waals surface area contributed by atoms with Crippen LogP contribution in [0.4, 0.5) is 0 Å². The maximum Gasteiger partial charge on any atom is 0.243 e. The van der Waals surface area contributed by atoms with Crippen LogP contribution in [0.25, 0.3) is 0 Å². The third-order valence-electron chi connectivity index (χ3n) is 6.22. The zero-order valence-corrected chi connectivity index (χ0v) is 21.0. The molecule has 0 bridgehead atoms. The van der Waals surface area contributed by atoms with Crippen molar-refractivity contribution in [2.75, 3.05) is 12.3 Å². The predicted molar refractivity (Wildman–Crippen MR) is 138 cm³/mol. The minimum absolute atomic E-state index is 0.00355. The van der Waals surface area contributed by atoms with Crippen LogP contribution in [0.15, 0.2) is 59.5 Å². The molecule has 1 atom stereocenters. The van der Waals surface area contributed by atoms with Crippen LogP contribution in [0, 0.1) is 0 Å². The summed E-state index contributed by atoms with van der Waals surface area (Å²) < 4.78 is 0. The normalized spacial score (nSPS) is 15.1. The van der Waals surface area contributed by atoms with E-state index >= 15 is 0 Å². The SMILES string of the molecule is CC[C@@H](C(=O)NC1CCCCC1)N(CCc1ccccc1)C(=O)CCSc1ccc(Cl)cc1. The van der Waals surface area contributed by atoms with Crippen LogP contribution in [0.3, 0.4) is 0 Å². The Morgan fingerprint density at radius 1 is 1.06 bits per heavy atom. The Morgan fingerprint density at radius 2 is 1.76 bits per heavy atom. The number of thioether (sulfide) groups is 1. The lowest BCUT2D eigenvalue weighted by molar-refractivity contribution is -0.140. The molecular weight excluding hydrogens is 452 g/mol. The van der Waals surface area contributed by atoms with Gasteiger partial charge in [0.15, 0.2) is 0 Å². The van der Waals surface area contributed by atoms with E-state index in [2.05, 4.69) is 17.4 Å². The smallest absolute Gasteiger partial charge is 0.243 e. The number of amides is 2. The fraction of sp³-hybridized carbons (Fsp3) is 0.481. The van der Waals surface area contributed by atoms with Gasteiger partial charge in [0, 0.05) is 34.7 Å². The summed E-state index contributed by atoms with van der Waals surface area (Å²) in [4.78, 5) is 29.4. The summed E-state index contributed by atoms with van der Waals surface area (Å²) in [6.07, 6.45) is 7.41.